The summed E-state index contributed by atoms with van der Waals surface area (Å²) in [5, 5.41) is 11.3. The highest BCUT2D eigenvalue weighted by molar-refractivity contribution is 9.08. The second-order valence-electron chi connectivity index (χ2n) is 3.98. The standard InChI is InChI=1S/C13H7BrClF2NO3/c14-6-7-1-2-8(15)3-12(7)21-13-5-9(16)11(18(19)20)4-10(13)17/h1-5H,6H2. The average molecular weight is 379 g/mol. The van der Waals surface area contributed by atoms with Gasteiger partial charge in [0.1, 0.15) is 5.75 Å². The van der Waals surface area contributed by atoms with E-state index in [4.69, 9.17) is 16.3 Å². The predicted octanol–water partition coefficient (Wildman–Crippen LogP) is 5.21. The topological polar surface area (TPSA) is 52.4 Å². The second kappa shape index (κ2) is 6.36. The molecule has 0 aliphatic rings. The molecule has 0 saturated heterocycles. The number of nitrogens with zero attached hydrogens (tertiary/aromatic N) is 1. The number of alkyl halides is 1. The number of nitro benzene ring substituents is 1. The van der Waals surface area contributed by atoms with E-state index >= 15 is 0 Å². The minimum atomic E-state index is -1.18. The molecule has 0 bridgehead atoms. The van der Waals surface area contributed by atoms with Crippen molar-refractivity contribution in [3.05, 3.63) is 62.7 Å². The lowest BCUT2D eigenvalue weighted by Crippen LogP contribution is -1.97. The maximum Gasteiger partial charge on any atom is 0.307 e. The molecule has 0 aliphatic heterocycles. The molecule has 2 aromatic rings. The van der Waals surface area contributed by atoms with Crippen molar-refractivity contribution in [3.63, 3.8) is 0 Å². The minimum Gasteiger partial charge on any atom is -0.454 e. The summed E-state index contributed by atoms with van der Waals surface area (Å²) in [4.78, 5) is 9.51. The average Bonchev–Trinajstić information content (AvgIpc) is 2.42. The monoisotopic (exact) mass is 377 g/mol. The van der Waals surface area contributed by atoms with Gasteiger partial charge < -0.3 is 4.74 Å². The SMILES string of the molecule is O=[N+]([O-])c1cc(F)c(Oc2cc(Cl)ccc2CBr)cc1F. The molecule has 2 aromatic carbocycles. The van der Waals surface area contributed by atoms with Crippen molar-refractivity contribution in [2.75, 3.05) is 0 Å². The number of rotatable bonds is 4. The molecule has 4 nitrogen and oxygen atoms in total. The maximum absolute atomic E-state index is 13.8. The lowest BCUT2D eigenvalue weighted by molar-refractivity contribution is -0.387. The Kier molecular flexibility index (Phi) is 4.74. The molecule has 2 rings (SSSR count). The molecule has 0 spiro atoms. The van der Waals surface area contributed by atoms with Crippen LogP contribution in [0.1, 0.15) is 5.56 Å². The number of nitro groups is 1. The van der Waals surface area contributed by atoms with E-state index in [1.165, 1.54) is 6.07 Å². The van der Waals surface area contributed by atoms with Crippen molar-refractivity contribution in [1.82, 2.24) is 0 Å². The Hall–Kier alpha value is -1.73. The fourth-order valence-corrected chi connectivity index (χ4v) is 2.21. The third-order valence-electron chi connectivity index (χ3n) is 2.59. The normalized spacial score (nSPS) is 10.5. The number of hydrogen-bond donors (Lipinski definition) is 0. The largest absolute Gasteiger partial charge is 0.454 e. The zero-order valence-electron chi connectivity index (χ0n) is 10.3. The Morgan fingerprint density at radius 3 is 2.52 bits per heavy atom. The van der Waals surface area contributed by atoms with Gasteiger partial charge in [-0.1, -0.05) is 33.6 Å². The molecule has 0 unspecified atom stereocenters. The molecule has 0 atom stereocenters. The molecule has 0 N–H and O–H groups in total. The Balaban J connectivity index is 2.43. The van der Waals surface area contributed by atoms with Crippen LogP contribution in [0, 0.1) is 21.7 Å². The van der Waals surface area contributed by atoms with E-state index in [1.54, 1.807) is 12.1 Å². The first-order valence-corrected chi connectivity index (χ1v) is 7.08. The van der Waals surface area contributed by atoms with Crippen molar-refractivity contribution < 1.29 is 18.4 Å². The molecule has 0 aliphatic carbocycles. The van der Waals surface area contributed by atoms with Gasteiger partial charge in [0.2, 0.25) is 5.82 Å². The molecule has 8 heteroatoms. The van der Waals surface area contributed by atoms with Crippen LogP contribution in [0.2, 0.25) is 5.02 Å². The zero-order chi connectivity index (χ0) is 15.6. The molecule has 0 heterocycles. The summed E-state index contributed by atoms with van der Waals surface area (Å²) in [5.74, 6) is -2.45. The van der Waals surface area contributed by atoms with E-state index in [0.717, 1.165) is 0 Å². The van der Waals surface area contributed by atoms with Crippen LogP contribution < -0.4 is 4.74 Å². The molecule has 110 valence electrons. The lowest BCUT2D eigenvalue weighted by Gasteiger charge is -2.11. The maximum atomic E-state index is 13.8. The van der Waals surface area contributed by atoms with Crippen LogP contribution in [0.25, 0.3) is 0 Å². The summed E-state index contributed by atoms with van der Waals surface area (Å²) >= 11 is 9.06. The van der Waals surface area contributed by atoms with Crippen LogP contribution in [0.3, 0.4) is 0 Å². The van der Waals surface area contributed by atoms with Gasteiger partial charge in [0, 0.05) is 22.0 Å². The molecule has 0 fully saturated rings. The number of ether oxygens (including phenoxy) is 1. The van der Waals surface area contributed by atoms with E-state index in [2.05, 4.69) is 15.9 Å². The Morgan fingerprint density at radius 1 is 1.19 bits per heavy atom. The fourth-order valence-electron chi connectivity index (χ4n) is 1.59. The van der Waals surface area contributed by atoms with Gasteiger partial charge in [0.05, 0.1) is 11.0 Å². The predicted molar refractivity (Wildman–Crippen MR) is 77.2 cm³/mol. The van der Waals surface area contributed by atoms with Crippen LogP contribution in [0.15, 0.2) is 30.3 Å². The van der Waals surface area contributed by atoms with E-state index in [9.17, 15) is 18.9 Å². The van der Waals surface area contributed by atoms with Crippen molar-refractivity contribution in [2.24, 2.45) is 0 Å². The van der Waals surface area contributed by atoms with Crippen LogP contribution >= 0.6 is 27.5 Å². The van der Waals surface area contributed by atoms with Gasteiger partial charge in [0.15, 0.2) is 11.6 Å². The first-order chi connectivity index (χ1) is 9.92. The van der Waals surface area contributed by atoms with Crippen LogP contribution in [0.4, 0.5) is 14.5 Å². The summed E-state index contributed by atoms with van der Waals surface area (Å²) in [7, 11) is 0. The zero-order valence-corrected chi connectivity index (χ0v) is 12.6. The van der Waals surface area contributed by atoms with Crippen molar-refractivity contribution >= 4 is 33.2 Å². The van der Waals surface area contributed by atoms with E-state index in [0.29, 0.717) is 28.0 Å². The summed E-state index contributed by atoms with van der Waals surface area (Å²) in [6.07, 6.45) is 0. The van der Waals surface area contributed by atoms with Gasteiger partial charge in [-0.3, -0.25) is 10.1 Å². The van der Waals surface area contributed by atoms with Gasteiger partial charge in [-0.2, -0.15) is 4.39 Å². The highest BCUT2D eigenvalue weighted by Gasteiger charge is 2.20. The number of hydrogen-bond acceptors (Lipinski definition) is 3. The highest BCUT2D eigenvalue weighted by Crippen LogP contribution is 2.33. The Bertz CT molecular complexity index is 712. The quantitative estimate of drug-likeness (QED) is 0.417. The second-order valence-corrected chi connectivity index (χ2v) is 4.98. The number of halogens is 4. The van der Waals surface area contributed by atoms with Gasteiger partial charge in [-0.25, -0.2) is 4.39 Å². The molecule has 0 amide bonds. The minimum absolute atomic E-state index is 0.228. The highest BCUT2D eigenvalue weighted by atomic mass is 79.9. The fraction of sp³-hybridized carbons (Fsp3) is 0.0769. The molecule has 0 saturated carbocycles. The first kappa shape index (κ1) is 15.7. The van der Waals surface area contributed by atoms with E-state index in [-0.39, 0.29) is 5.75 Å². The van der Waals surface area contributed by atoms with Crippen molar-refractivity contribution in [3.8, 4) is 11.5 Å². The third-order valence-corrected chi connectivity index (χ3v) is 3.43. The van der Waals surface area contributed by atoms with Crippen molar-refractivity contribution in [1.29, 1.82) is 0 Å². The third kappa shape index (κ3) is 3.48. The summed E-state index contributed by atoms with van der Waals surface area (Å²) < 4.78 is 32.6. The molecular weight excluding hydrogens is 372 g/mol. The van der Waals surface area contributed by atoms with E-state index < -0.39 is 28.0 Å². The number of benzene rings is 2. The smallest absolute Gasteiger partial charge is 0.307 e. The lowest BCUT2D eigenvalue weighted by atomic mass is 10.2. The summed E-state index contributed by atoms with van der Waals surface area (Å²) in [5.41, 5.74) is -0.288. The van der Waals surface area contributed by atoms with Crippen molar-refractivity contribution in [2.45, 2.75) is 5.33 Å². The van der Waals surface area contributed by atoms with Gasteiger partial charge >= 0.3 is 5.69 Å². The van der Waals surface area contributed by atoms with Crippen LogP contribution in [-0.2, 0) is 5.33 Å². The van der Waals surface area contributed by atoms with Gasteiger partial charge in [-0.05, 0) is 12.1 Å². The first-order valence-electron chi connectivity index (χ1n) is 5.58. The summed E-state index contributed by atoms with van der Waals surface area (Å²) in [6, 6.07) is 5.83. The van der Waals surface area contributed by atoms with Crippen LogP contribution in [-0.4, -0.2) is 4.92 Å². The van der Waals surface area contributed by atoms with Gasteiger partial charge in [0.25, 0.3) is 0 Å². The molecule has 0 aromatic heterocycles. The molecule has 21 heavy (non-hydrogen) atoms. The molecule has 0 radical (unpaired) electrons. The van der Waals surface area contributed by atoms with Gasteiger partial charge in [-0.15, -0.1) is 0 Å². The Morgan fingerprint density at radius 2 is 1.90 bits per heavy atom. The summed E-state index contributed by atoms with van der Waals surface area (Å²) in [6.45, 7) is 0. The Labute approximate surface area is 131 Å². The van der Waals surface area contributed by atoms with Crippen LogP contribution in [0.5, 0.6) is 11.5 Å². The molecular formula is C13H7BrClF2NO3. The van der Waals surface area contributed by atoms with E-state index in [1.807, 2.05) is 0 Å².